The van der Waals surface area contributed by atoms with Gasteiger partial charge in [-0.1, -0.05) is 0 Å². The van der Waals surface area contributed by atoms with Gasteiger partial charge in [0, 0.05) is 13.1 Å². The van der Waals surface area contributed by atoms with E-state index in [1.807, 2.05) is 0 Å². The van der Waals surface area contributed by atoms with Crippen LogP contribution in [0, 0.1) is 5.92 Å². The number of fused-ring (bicyclic) bond motifs is 4. The first-order valence-corrected chi connectivity index (χ1v) is 3.75. The van der Waals surface area contributed by atoms with E-state index in [-0.39, 0.29) is 0 Å². The van der Waals surface area contributed by atoms with E-state index in [1.165, 1.54) is 25.9 Å². The average molecular weight is 127 g/mol. The molecule has 0 aromatic rings. The van der Waals surface area contributed by atoms with Crippen molar-refractivity contribution < 1.29 is 4.74 Å². The Morgan fingerprint density at radius 1 is 1.22 bits per heavy atom. The van der Waals surface area contributed by atoms with Gasteiger partial charge in [0.15, 0.2) is 0 Å². The highest BCUT2D eigenvalue weighted by Gasteiger charge is 2.22. The predicted octanol–water partition coefficient (Wildman–Crippen LogP) is 0.686. The maximum atomic E-state index is 5.41. The van der Waals surface area contributed by atoms with E-state index < -0.39 is 0 Å². The van der Waals surface area contributed by atoms with Crippen LogP contribution < -0.4 is 0 Å². The Balaban J connectivity index is 2.03. The van der Waals surface area contributed by atoms with Crippen LogP contribution in [0.15, 0.2) is 0 Å². The molecule has 2 nitrogen and oxygen atoms in total. The highest BCUT2D eigenvalue weighted by molar-refractivity contribution is 4.72. The summed E-state index contributed by atoms with van der Waals surface area (Å²) >= 11 is 0. The third-order valence-electron chi connectivity index (χ3n) is 2.33. The van der Waals surface area contributed by atoms with Gasteiger partial charge >= 0.3 is 0 Å². The fraction of sp³-hybridized carbons (Fsp3) is 1.00. The third kappa shape index (κ3) is 1.10. The predicted molar refractivity (Wildman–Crippen MR) is 35.1 cm³/mol. The van der Waals surface area contributed by atoms with Crippen molar-refractivity contribution in [2.75, 3.05) is 26.4 Å². The summed E-state index contributed by atoms with van der Waals surface area (Å²) in [7, 11) is 0. The number of nitrogens with zero attached hydrogens (tertiary/aromatic N) is 1. The molecule has 3 rings (SSSR count). The van der Waals surface area contributed by atoms with Crippen LogP contribution in [0.25, 0.3) is 0 Å². The van der Waals surface area contributed by atoms with Crippen molar-refractivity contribution in [2.24, 2.45) is 5.92 Å². The molecule has 0 unspecified atom stereocenters. The van der Waals surface area contributed by atoms with Gasteiger partial charge in [0.1, 0.15) is 0 Å². The number of hydrogen-bond donors (Lipinski definition) is 0. The molecule has 0 amide bonds. The van der Waals surface area contributed by atoms with Gasteiger partial charge in [0.05, 0.1) is 13.3 Å². The van der Waals surface area contributed by atoms with Crippen molar-refractivity contribution >= 4 is 0 Å². The van der Waals surface area contributed by atoms with Gasteiger partial charge in [-0.3, -0.25) is 4.90 Å². The number of ether oxygens (including phenoxy) is 1. The van der Waals surface area contributed by atoms with Gasteiger partial charge in [0.25, 0.3) is 0 Å². The molecular weight excluding hydrogens is 114 g/mol. The Labute approximate surface area is 55.8 Å². The van der Waals surface area contributed by atoms with E-state index in [9.17, 15) is 0 Å². The fourth-order valence-corrected chi connectivity index (χ4v) is 1.63. The summed E-state index contributed by atoms with van der Waals surface area (Å²) in [6.45, 7) is 4.43. The lowest BCUT2D eigenvalue weighted by atomic mass is 9.99. The maximum Gasteiger partial charge on any atom is 0.0990 e. The van der Waals surface area contributed by atoms with Crippen LogP contribution in [0.4, 0.5) is 0 Å². The summed E-state index contributed by atoms with van der Waals surface area (Å²) in [5, 5.41) is 0. The van der Waals surface area contributed by atoms with E-state index in [0.717, 1.165) is 19.3 Å². The second kappa shape index (κ2) is 2.27. The zero-order chi connectivity index (χ0) is 6.10. The largest absolute Gasteiger partial charge is 0.366 e. The van der Waals surface area contributed by atoms with E-state index >= 15 is 0 Å². The molecule has 2 heteroatoms. The number of hydrogen-bond acceptors (Lipinski definition) is 2. The second-order valence-corrected chi connectivity index (χ2v) is 3.06. The second-order valence-electron chi connectivity index (χ2n) is 3.06. The molecule has 9 heavy (non-hydrogen) atoms. The number of rotatable bonds is 0. The number of piperidine rings is 1. The molecule has 3 saturated heterocycles. The minimum Gasteiger partial charge on any atom is -0.366 e. The van der Waals surface area contributed by atoms with Crippen molar-refractivity contribution in [3.8, 4) is 0 Å². The van der Waals surface area contributed by atoms with E-state index in [0.29, 0.717) is 0 Å². The fourth-order valence-electron chi connectivity index (χ4n) is 1.63. The first-order valence-electron chi connectivity index (χ1n) is 3.75. The molecule has 0 atom stereocenters. The molecule has 0 aromatic heterocycles. The Hall–Kier alpha value is -0.0800. The Bertz CT molecular complexity index is 79.6. The molecule has 0 spiro atoms. The highest BCUT2D eigenvalue weighted by atomic mass is 16.5. The Kier molecular flexibility index (Phi) is 1.44. The van der Waals surface area contributed by atoms with Gasteiger partial charge in [-0.25, -0.2) is 0 Å². The van der Waals surface area contributed by atoms with Crippen molar-refractivity contribution in [3.05, 3.63) is 0 Å². The molecule has 0 aliphatic carbocycles. The maximum absolute atomic E-state index is 5.41. The molecule has 3 aliphatic rings. The van der Waals surface area contributed by atoms with Gasteiger partial charge in [-0.05, 0) is 18.8 Å². The molecular formula is C7H13NO. The van der Waals surface area contributed by atoms with Crippen molar-refractivity contribution in [3.63, 3.8) is 0 Å². The van der Waals surface area contributed by atoms with Crippen LogP contribution in [-0.4, -0.2) is 31.3 Å². The van der Waals surface area contributed by atoms with Gasteiger partial charge in [-0.2, -0.15) is 0 Å². The van der Waals surface area contributed by atoms with E-state index in [2.05, 4.69) is 4.90 Å². The normalized spacial score (nSPS) is 42.7. The zero-order valence-corrected chi connectivity index (χ0v) is 5.68. The van der Waals surface area contributed by atoms with Crippen LogP contribution in [0.1, 0.15) is 12.8 Å². The third-order valence-corrected chi connectivity index (χ3v) is 2.33. The lowest BCUT2D eigenvalue weighted by Gasteiger charge is -2.24. The van der Waals surface area contributed by atoms with Gasteiger partial charge < -0.3 is 4.74 Å². The monoisotopic (exact) mass is 127 g/mol. The van der Waals surface area contributed by atoms with Crippen LogP contribution in [0.2, 0.25) is 0 Å². The van der Waals surface area contributed by atoms with Crippen molar-refractivity contribution in [2.45, 2.75) is 12.8 Å². The first kappa shape index (κ1) is 5.69. The van der Waals surface area contributed by atoms with Crippen LogP contribution in [0.3, 0.4) is 0 Å². The quantitative estimate of drug-likeness (QED) is 0.474. The summed E-state index contributed by atoms with van der Waals surface area (Å²) < 4.78 is 5.41. The summed E-state index contributed by atoms with van der Waals surface area (Å²) in [5.74, 6) is 0.878. The molecule has 2 bridgehead atoms. The molecule has 0 radical (unpaired) electrons. The summed E-state index contributed by atoms with van der Waals surface area (Å²) in [5.41, 5.74) is 0. The lowest BCUT2D eigenvalue weighted by Crippen LogP contribution is -2.30. The molecule has 0 N–H and O–H groups in total. The van der Waals surface area contributed by atoms with Crippen LogP contribution >= 0.6 is 0 Å². The smallest absolute Gasteiger partial charge is 0.0990 e. The average Bonchev–Trinajstić information content (AvgIpc) is 2.21. The minimum absolute atomic E-state index is 0.878. The lowest BCUT2D eigenvalue weighted by molar-refractivity contribution is 0.0630. The Morgan fingerprint density at radius 2 is 2.00 bits per heavy atom. The van der Waals surface area contributed by atoms with E-state index in [1.54, 1.807) is 0 Å². The highest BCUT2D eigenvalue weighted by Crippen LogP contribution is 2.20. The topological polar surface area (TPSA) is 12.5 Å². The minimum atomic E-state index is 0.878. The molecule has 3 aliphatic heterocycles. The van der Waals surface area contributed by atoms with Gasteiger partial charge in [0.2, 0.25) is 0 Å². The standard InChI is InChI=1S/C7H13NO/c1-3-8-4-2-7(1)5-9-6-8/h7H,1-6H2. The zero-order valence-electron chi connectivity index (χ0n) is 5.68. The van der Waals surface area contributed by atoms with Crippen LogP contribution in [-0.2, 0) is 4.74 Å². The van der Waals surface area contributed by atoms with Gasteiger partial charge in [-0.15, -0.1) is 0 Å². The molecule has 0 saturated carbocycles. The van der Waals surface area contributed by atoms with E-state index in [4.69, 9.17) is 4.74 Å². The van der Waals surface area contributed by atoms with Crippen LogP contribution in [0.5, 0.6) is 0 Å². The summed E-state index contributed by atoms with van der Waals surface area (Å²) in [4.78, 5) is 2.39. The molecule has 3 fully saturated rings. The SMILES string of the molecule is C1CN2CCC1COC2. The Morgan fingerprint density at radius 3 is 2.78 bits per heavy atom. The molecule has 3 heterocycles. The van der Waals surface area contributed by atoms with Crippen molar-refractivity contribution in [1.82, 2.24) is 4.90 Å². The van der Waals surface area contributed by atoms with Crippen molar-refractivity contribution in [1.29, 1.82) is 0 Å². The first-order chi connectivity index (χ1) is 4.45. The molecule has 52 valence electrons. The summed E-state index contributed by atoms with van der Waals surface area (Å²) in [6.07, 6.45) is 2.72. The molecule has 0 aromatic carbocycles. The summed E-state index contributed by atoms with van der Waals surface area (Å²) in [6, 6.07) is 0.